The van der Waals surface area contributed by atoms with Crippen molar-refractivity contribution in [2.45, 2.75) is 0 Å². The fourth-order valence-corrected chi connectivity index (χ4v) is 1.29. The van der Waals surface area contributed by atoms with Crippen LogP contribution in [-0.4, -0.2) is 26.0 Å². The first-order valence-corrected chi connectivity index (χ1v) is 4.31. The molecule has 0 saturated heterocycles. The molecule has 7 nitrogen and oxygen atoms in total. The molecular formula is C9H6N4O3. The zero-order valence-corrected chi connectivity index (χ0v) is 7.98. The van der Waals surface area contributed by atoms with E-state index in [1.54, 1.807) is 0 Å². The Kier molecular flexibility index (Phi) is 2.42. The number of aldehydes is 1. The zero-order valence-electron chi connectivity index (χ0n) is 7.98. The quantitative estimate of drug-likeness (QED) is 0.435. The smallest absolute Gasteiger partial charge is 0.270 e. The van der Waals surface area contributed by atoms with Gasteiger partial charge in [-0.3, -0.25) is 14.9 Å². The molecule has 0 N–H and O–H groups in total. The van der Waals surface area contributed by atoms with Crippen molar-refractivity contribution in [3.8, 4) is 5.69 Å². The number of nitro benzene ring substituents is 1. The van der Waals surface area contributed by atoms with Crippen molar-refractivity contribution in [3.05, 3.63) is 46.5 Å². The summed E-state index contributed by atoms with van der Waals surface area (Å²) in [5.74, 6) is 0. The fourth-order valence-electron chi connectivity index (χ4n) is 1.29. The summed E-state index contributed by atoms with van der Waals surface area (Å²) in [4.78, 5) is 24.5. The summed E-state index contributed by atoms with van der Waals surface area (Å²) in [5, 5.41) is 14.4. The van der Waals surface area contributed by atoms with Crippen molar-refractivity contribution in [3.63, 3.8) is 0 Å². The Hall–Kier alpha value is -2.57. The molecule has 2 rings (SSSR count). The van der Waals surface area contributed by atoms with E-state index in [-0.39, 0.29) is 11.3 Å². The molecule has 2 aromatic rings. The van der Waals surface area contributed by atoms with Crippen molar-refractivity contribution in [1.29, 1.82) is 0 Å². The van der Waals surface area contributed by atoms with Gasteiger partial charge in [0, 0.05) is 17.7 Å². The van der Waals surface area contributed by atoms with Crippen LogP contribution in [0.25, 0.3) is 5.69 Å². The Morgan fingerprint density at radius 3 is 2.81 bits per heavy atom. The number of benzene rings is 1. The number of hydrogen-bond donors (Lipinski definition) is 0. The van der Waals surface area contributed by atoms with Crippen molar-refractivity contribution in [2.75, 3.05) is 0 Å². The van der Waals surface area contributed by atoms with Crippen LogP contribution < -0.4 is 0 Å². The highest BCUT2D eigenvalue weighted by Crippen LogP contribution is 2.18. The van der Waals surface area contributed by atoms with Gasteiger partial charge in [-0.25, -0.2) is 9.67 Å². The number of rotatable bonds is 3. The van der Waals surface area contributed by atoms with Crippen LogP contribution in [0.4, 0.5) is 5.69 Å². The fraction of sp³-hybridized carbons (Fsp3) is 0. The van der Waals surface area contributed by atoms with E-state index in [2.05, 4.69) is 10.1 Å². The molecule has 0 amide bonds. The molecular weight excluding hydrogens is 212 g/mol. The van der Waals surface area contributed by atoms with Gasteiger partial charge in [-0.2, -0.15) is 5.10 Å². The standard InChI is InChI=1S/C9H6N4O3/c14-4-7-3-8(13(15)16)1-2-9(7)12-6-10-5-11-12/h1-6H. The largest absolute Gasteiger partial charge is 0.298 e. The Morgan fingerprint density at radius 2 is 2.25 bits per heavy atom. The van der Waals surface area contributed by atoms with Gasteiger partial charge >= 0.3 is 0 Å². The van der Waals surface area contributed by atoms with E-state index < -0.39 is 4.92 Å². The Labute approximate surface area is 89.5 Å². The minimum atomic E-state index is -0.557. The zero-order chi connectivity index (χ0) is 11.5. The summed E-state index contributed by atoms with van der Waals surface area (Å²) in [6.45, 7) is 0. The lowest BCUT2D eigenvalue weighted by Crippen LogP contribution is -2.00. The lowest BCUT2D eigenvalue weighted by Gasteiger charge is -2.03. The molecule has 1 aromatic heterocycles. The van der Waals surface area contributed by atoms with Crippen LogP contribution in [0.5, 0.6) is 0 Å². The molecule has 0 aliphatic carbocycles. The molecule has 0 aliphatic rings. The minimum Gasteiger partial charge on any atom is -0.298 e. The average molecular weight is 218 g/mol. The first-order valence-electron chi connectivity index (χ1n) is 4.31. The molecule has 1 heterocycles. The topological polar surface area (TPSA) is 90.9 Å². The van der Waals surface area contributed by atoms with Gasteiger partial charge in [0.15, 0.2) is 6.29 Å². The van der Waals surface area contributed by atoms with Crippen molar-refractivity contribution >= 4 is 12.0 Å². The first kappa shape index (κ1) is 9.97. The number of aromatic nitrogens is 3. The highest BCUT2D eigenvalue weighted by Gasteiger charge is 2.11. The van der Waals surface area contributed by atoms with Gasteiger partial charge in [0.05, 0.1) is 10.6 Å². The molecule has 0 aliphatic heterocycles. The maximum Gasteiger partial charge on any atom is 0.270 e. The number of hydrogen-bond acceptors (Lipinski definition) is 5. The van der Waals surface area contributed by atoms with Crippen molar-refractivity contribution in [1.82, 2.24) is 14.8 Å². The highest BCUT2D eigenvalue weighted by molar-refractivity contribution is 5.82. The normalized spacial score (nSPS) is 10.0. The number of carbonyl (C=O) groups excluding carboxylic acids is 1. The van der Waals surface area contributed by atoms with Crippen molar-refractivity contribution in [2.24, 2.45) is 0 Å². The van der Waals surface area contributed by atoms with Gasteiger partial charge < -0.3 is 0 Å². The molecule has 0 unspecified atom stereocenters. The van der Waals surface area contributed by atoms with E-state index in [1.807, 2.05) is 0 Å². The van der Waals surface area contributed by atoms with Crippen LogP contribution in [0.15, 0.2) is 30.9 Å². The van der Waals surface area contributed by atoms with Crippen LogP contribution in [0, 0.1) is 10.1 Å². The molecule has 80 valence electrons. The minimum absolute atomic E-state index is 0.133. The predicted molar refractivity (Wildman–Crippen MR) is 53.4 cm³/mol. The SMILES string of the molecule is O=Cc1cc([N+](=O)[O-])ccc1-n1cncn1. The second kappa shape index (κ2) is 3.89. The Balaban J connectivity index is 2.56. The highest BCUT2D eigenvalue weighted by atomic mass is 16.6. The third kappa shape index (κ3) is 1.65. The molecule has 0 spiro atoms. The molecule has 16 heavy (non-hydrogen) atoms. The van der Waals surface area contributed by atoms with Gasteiger partial charge in [0.1, 0.15) is 12.7 Å². The lowest BCUT2D eigenvalue weighted by molar-refractivity contribution is -0.384. The number of carbonyl (C=O) groups is 1. The molecule has 0 fully saturated rings. The second-order valence-corrected chi connectivity index (χ2v) is 2.96. The number of nitrogens with zero attached hydrogens (tertiary/aromatic N) is 4. The number of non-ortho nitro benzene ring substituents is 1. The van der Waals surface area contributed by atoms with E-state index in [4.69, 9.17) is 0 Å². The molecule has 0 bridgehead atoms. The monoisotopic (exact) mass is 218 g/mol. The molecule has 0 saturated carbocycles. The summed E-state index contributed by atoms with van der Waals surface area (Å²) in [7, 11) is 0. The maximum atomic E-state index is 10.8. The predicted octanol–water partition coefficient (Wildman–Crippen LogP) is 0.988. The van der Waals surface area contributed by atoms with Gasteiger partial charge in [0.2, 0.25) is 0 Å². The summed E-state index contributed by atoms with van der Waals surface area (Å²) < 4.78 is 1.37. The summed E-state index contributed by atoms with van der Waals surface area (Å²) in [6, 6.07) is 3.96. The van der Waals surface area contributed by atoms with Crippen LogP contribution in [-0.2, 0) is 0 Å². The van der Waals surface area contributed by atoms with Gasteiger partial charge in [-0.15, -0.1) is 0 Å². The summed E-state index contributed by atoms with van der Waals surface area (Å²) >= 11 is 0. The summed E-state index contributed by atoms with van der Waals surface area (Å²) in [6.07, 6.45) is 3.27. The van der Waals surface area contributed by atoms with Gasteiger partial charge in [-0.05, 0) is 6.07 Å². The lowest BCUT2D eigenvalue weighted by atomic mass is 10.2. The second-order valence-electron chi connectivity index (χ2n) is 2.96. The van der Waals surface area contributed by atoms with Crippen LogP contribution in [0.3, 0.4) is 0 Å². The Morgan fingerprint density at radius 1 is 1.44 bits per heavy atom. The van der Waals surface area contributed by atoms with Crippen LogP contribution in [0.1, 0.15) is 10.4 Å². The molecule has 1 aromatic carbocycles. The van der Waals surface area contributed by atoms with Gasteiger partial charge in [0.25, 0.3) is 5.69 Å². The van der Waals surface area contributed by atoms with E-state index >= 15 is 0 Å². The first-order chi connectivity index (χ1) is 7.72. The van der Waals surface area contributed by atoms with Gasteiger partial charge in [-0.1, -0.05) is 0 Å². The van der Waals surface area contributed by atoms with Crippen LogP contribution >= 0.6 is 0 Å². The Bertz CT molecular complexity index is 536. The van der Waals surface area contributed by atoms with Crippen molar-refractivity contribution < 1.29 is 9.72 Å². The molecule has 0 radical (unpaired) electrons. The molecule has 0 atom stereocenters. The van der Waals surface area contributed by atoms with E-state index in [0.717, 1.165) is 0 Å². The van der Waals surface area contributed by atoms with E-state index in [9.17, 15) is 14.9 Å². The summed E-state index contributed by atoms with van der Waals surface area (Å²) in [5.41, 5.74) is 0.517. The van der Waals surface area contributed by atoms with Crippen LogP contribution in [0.2, 0.25) is 0 Å². The third-order valence-electron chi connectivity index (χ3n) is 2.01. The molecule has 7 heteroatoms. The maximum absolute atomic E-state index is 10.8. The van der Waals surface area contributed by atoms with E-state index in [0.29, 0.717) is 12.0 Å². The van der Waals surface area contributed by atoms with E-state index in [1.165, 1.54) is 35.5 Å². The third-order valence-corrected chi connectivity index (χ3v) is 2.01. The average Bonchev–Trinajstić information content (AvgIpc) is 2.81. The number of nitro groups is 1.